The summed E-state index contributed by atoms with van der Waals surface area (Å²) in [6.45, 7) is 3.59. The summed E-state index contributed by atoms with van der Waals surface area (Å²) in [6.07, 6.45) is -0.0597. The Kier molecular flexibility index (Phi) is 3.83. The van der Waals surface area contributed by atoms with Gasteiger partial charge in [0.15, 0.2) is 0 Å². The molecule has 0 radical (unpaired) electrons. The van der Waals surface area contributed by atoms with Crippen LogP contribution in [-0.4, -0.2) is 20.9 Å². The van der Waals surface area contributed by atoms with Crippen LogP contribution in [0.2, 0.25) is 10.0 Å². The van der Waals surface area contributed by atoms with Gasteiger partial charge in [0.05, 0.1) is 27.8 Å². The summed E-state index contributed by atoms with van der Waals surface area (Å²) in [4.78, 5) is 10.9. The molecule has 1 aromatic heterocycles. The summed E-state index contributed by atoms with van der Waals surface area (Å²) in [5, 5.41) is 14.1. The van der Waals surface area contributed by atoms with Crippen LogP contribution in [-0.2, 0) is 11.2 Å². The molecule has 1 heterocycles. The van der Waals surface area contributed by atoms with Crippen LogP contribution < -0.4 is 0 Å². The first-order chi connectivity index (χ1) is 8.91. The molecule has 2 aromatic rings. The molecule has 19 heavy (non-hydrogen) atoms. The fraction of sp³-hybridized carbons (Fsp3) is 0.231. The molecule has 0 atom stereocenters. The maximum absolute atomic E-state index is 10.9. The molecule has 0 aliphatic rings. The number of halogens is 2. The molecule has 0 amide bonds. The summed E-state index contributed by atoms with van der Waals surface area (Å²) < 4.78 is 1.63. The number of aliphatic carboxylic acids is 1. The van der Waals surface area contributed by atoms with Gasteiger partial charge in [0, 0.05) is 11.3 Å². The smallest absolute Gasteiger partial charge is 0.307 e. The maximum Gasteiger partial charge on any atom is 0.307 e. The highest BCUT2D eigenvalue weighted by Gasteiger charge is 2.17. The van der Waals surface area contributed by atoms with E-state index in [9.17, 15) is 4.79 Å². The van der Waals surface area contributed by atoms with Crippen LogP contribution in [0.1, 0.15) is 17.0 Å². The van der Waals surface area contributed by atoms with Gasteiger partial charge in [0.25, 0.3) is 0 Å². The van der Waals surface area contributed by atoms with E-state index in [4.69, 9.17) is 28.3 Å². The predicted molar refractivity (Wildman–Crippen MR) is 74.4 cm³/mol. The van der Waals surface area contributed by atoms with Crippen LogP contribution in [0.4, 0.5) is 0 Å². The summed E-state index contributed by atoms with van der Waals surface area (Å²) in [5.74, 6) is -0.886. The second kappa shape index (κ2) is 5.23. The number of rotatable bonds is 3. The zero-order valence-corrected chi connectivity index (χ0v) is 12.0. The molecule has 0 aliphatic carbocycles. The van der Waals surface area contributed by atoms with Gasteiger partial charge in [-0.3, -0.25) is 4.79 Å². The average molecular weight is 299 g/mol. The molecule has 4 nitrogen and oxygen atoms in total. The zero-order chi connectivity index (χ0) is 14.2. The van der Waals surface area contributed by atoms with Crippen molar-refractivity contribution in [3.8, 4) is 5.69 Å². The highest BCUT2D eigenvalue weighted by atomic mass is 35.5. The van der Waals surface area contributed by atoms with Gasteiger partial charge in [-0.25, -0.2) is 4.68 Å². The molecule has 6 heteroatoms. The van der Waals surface area contributed by atoms with Crippen molar-refractivity contribution in [3.63, 3.8) is 0 Å². The first-order valence-electron chi connectivity index (χ1n) is 5.63. The first-order valence-corrected chi connectivity index (χ1v) is 6.38. The van der Waals surface area contributed by atoms with Crippen molar-refractivity contribution < 1.29 is 9.90 Å². The molecule has 0 saturated heterocycles. The second-order valence-electron chi connectivity index (χ2n) is 4.20. The Morgan fingerprint density at radius 2 is 2.05 bits per heavy atom. The minimum Gasteiger partial charge on any atom is -0.481 e. The van der Waals surface area contributed by atoms with E-state index in [1.165, 1.54) is 0 Å². The molecule has 0 spiro atoms. The number of benzene rings is 1. The van der Waals surface area contributed by atoms with Gasteiger partial charge in [-0.15, -0.1) is 0 Å². The maximum atomic E-state index is 10.9. The lowest BCUT2D eigenvalue weighted by atomic mass is 10.1. The first kappa shape index (κ1) is 13.9. The van der Waals surface area contributed by atoms with E-state index in [2.05, 4.69) is 5.10 Å². The van der Waals surface area contributed by atoms with Crippen molar-refractivity contribution in [1.82, 2.24) is 9.78 Å². The van der Waals surface area contributed by atoms with Crippen LogP contribution in [0, 0.1) is 13.8 Å². The Morgan fingerprint density at radius 3 is 2.68 bits per heavy atom. The topological polar surface area (TPSA) is 55.1 Å². The lowest BCUT2D eigenvalue weighted by Gasteiger charge is -2.08. The van der Waals surface area contributed by atoms with Crippen LogP contribution in [0.5, 0.6) is 0 Å². The molecule has 0 fully saturated rings. The van der Waals surface area contributed by atoms with E-state index in [-0.39, 0.29) is 6.42 Å². The summed E-state index contributed by atoms with van der Waals surface area (Å²) in [6, 6.07) is 5.26. The van der Waals surface area contributed by atoms with Gasteiger partial charge < -0.3 is 5.11 Å². The summed E-state index contributed by atoms with van der Waals surface area (Å²) >= 11 is 12.1. The van der Waals surface area contributed by atoms with Crippen LogP contribution >= 0.6 is 23.2 Å². The third-order valence-electron chi connectivity index (χ3n) is 2.93. The van der Waals surface area contributed by atoms with E-state index in [1.54, 1.807) is 29.8 Å². The van der Waals surface area contributed by atoms with Gasteiger partial charge >= 0.3 is 5.97 Å². The minimum atomic E-state index is -0.886. The predicted octanol–water partition coefficient (Wildman–Crippen LogP) is 3.42. The highest BCUT2D eigenvalue weighted by molar-refractivity contribution is 6.43. The Morgan fingerprint density at radius 1 is 1.37 bits per heavy atom. The van der Waals surface area contributed by atoms with E-state index < -0.39 is 5.97 Å². The minimum absolute atomic E-state index is 0.0597. The van der Waals surface area contributed by atoms with E-state index in [0.29, 0.717) is 27.0 Å². The molecule has 0 aliphatic heterocycles. The molecule has 0 unspecified atom stereocenters. The van der Waals surface area contributed by atoms with Crippen molar-refractivity contribution in [2.24, 2.45) is 0 Å². The van der Waals surface area contributed by atoms with Crippen molar-refractivity contribution in [1.29, 1.82) is 0 Å². The Hall–Kier alpha value is -1.52. The van der Waals surface area contributed by atoms with Gasteiger partial charge in [-0.2, -0.15) is 5.10 Å². The van der Waals surface area contributed by atoms with Gasteiger partial charge in [-0.1, -0.05) is 29.3 Å². The average Bonchev–Trinajstić information content (AvgIpc) is 2.60. The Bertz CT molecular complexity index is 650. The number of carbonyl (C=O) groups is 1. The third-order valence-corrected chi connectivity index (χ3v) is 3.74. The lowest BCUT2D eigenvalue weighted by molar-refractivity contribution is -0.136. The molecule has 0 saturated carbocycles. The number of aromatic nitrogens is 2. The van der Waals surface area contributed by atoms with Crippen molar-refractivity contribution in [2.75, 3.05) is 0 Å². The third kappa shape index (κ3) is 2.60. The van der Waals surface area contributed by atoms with Crippen molar-refractivity contribution >= 4 is 29.2 Å². The summed E-state index contributed by atoms with van der Waals surface area (Å²) in [7, 11) is 0. The number of carboxylic acids is 1. The van der Waals surface area contributed by atoms with Crippen LogP contribution in [0.3, 0.4) is 0 Å². The van der Waals surface area contributed by atoms with Gasteiger partial charge in [-0.05, 0) is 26.0 Å². The molecule has 1 aromatic carbocycles. The van der Waals surface area contributed by atoms with Gasteiger partial charge in [0.2, 0.25) is 0 Å². The Labute approximate surface area is 120 Å². The molecule has 2 rings (SSSR count). The molecule has 1 N–H and O–H groups in total. The molecule has 100 valence electrons. The molecular formula is C13H12Cl2N2O2. The standard InChI is InChI=1S/C13H12Cl2N2O2/c1-7-9(6-12(18)19)8(2)17(16-7)11-5-3-4-10(14)13(11)15/h3-5H,6H2,1-2H3,(H,18,19). The SMILES string of the molecule is Cc1nn(-c2cccc(Cl)c2Cl)c(C)c1CC(=O)O. The van der Waals surface area contributed by atoms with Crippen LogP contribution in [0.25, 0.3) is 5.69 Å². The highest BCUT2D eigenvalue weighted by Crippen LogP contribution is 2.30. The van der Waals surface area contributed by atoms with Gasteiger partial charge in [0.1, 0.15) is 0 Å². The number of hydrogen-bond donors (Lipinski definition) is 1. The number of carboxylic acid groups (broad SMARTS) is 1. The second-order valence-corrected chi connectivity index (χ2v) is 4.99. The fourth-order valence-electron chi connectivity index (χ4n) is 1.97. The van der Waals surface area contributed by atoms with Crippen LogP contribution in [0.15, 0.2) is 18.2 Å². The normalized spacial score (nSPS) is 10.7. The van der Waals surface area contributed by atoms with Crippen molar-refractivity contribution in [2.45, 2.75) is 20.3 Å². The lowest BCUT2D eigenvalue weighted by Crippen LogP contribution is -2.04. The number of aryl methyl sites for hydroxylation is 1. The zero-order valence-electron chi connectivity index (χ0n) is 10.4. The molecule has 0 bridgehead atoms. The van der Waals surface area contributed by atoms with Crippen molar-refractivity contribution in [3.05, 3.63) is 45.2 Å². The largest absolute Gasteiger partial charge is 0.481 e. The monoisotopic (exact) mass is 298 g/mol. The number of nitrogens with zero attached hydrogens (tertiary/aromatic N) is 2. The summed E-state index contributed by atoms with van der Waals surface area (Å²) in [5.41, 5.74) is 2.77. The van der Waals surface area contributed by atoms with E-state index in [1.807, 2.05) is 6.92 Å². The number of hydrogen-bond acceptors (Lipinski definition) is 2. The van der Waals surface area contributed by atoms with E-state index in [0.717, 1.165) is 5.69 Å². The fourth-order valence-corrected chi connectivity index (χ4v) is 2.35. The quantitative estimate of drug-likeness (QED) is 0.944. The van der Waals surface area contributed by atoms with E-state index >= 15 is 0 Å². The molecular weight excluding hydrogens is 287 g/mol. The Balaban J connectivity index is 2.58.